The van der Waals surface area contributed by atoms with Gasteiger partial charge in [-0.15, -0.1) is 11.3 Å². The van der Waals surface area contributed by atoms with E-state index in [9.17, 15) is 4.79 Å². The van der Waals surface area contributed by atoms with E-state index in [4.69, 9.17) is 26.1 Å². The van der Waals surface area contributed by atoms with E-state index in [0.29, 0.717) is 36.3 Å². The minimum atomic E-state index is -0.0636. The van der Waals surface area contributed by atoms with E-state index >= 15 is 0 Å². The number of benzene rings is 3. The van der Waals surface area contributed by atoms with Crippen LogP contribution in [0.15, 0.2) is 77.8 Å². The first-order chi connectivity index (χ1) is 19.1. The number of carbonyl (C=O) groups is 1. The number of hydrogen-bond acceptors (Lipinski definition) is 5. The highest BCUT2D eigenvalue weighted by Gasteiger charge is 2.25. The smallest absolute Gasteiger partial charge is 0.254 e. The molecule has 1 aromatic heterocycles. The van der Waals surface area contributed by atoms with Crippen LogP contribution in [0.25, 0.3) is 0 Å². The fourth-order valence-corrected chi connectivity index (χ4v) is 5.97. The second-order valence-electron chi connectivity index (χ2n) is 9.37. The molecule has 4 aromatic rings. The predicted molar refractivity (Wildman–Crippen MR) is 159 cm³/mol. The Bertz CT molecular complexity index is 1450. The molecule has 1 heterocycles. The minimum Gasteiger partial charge on any atom is -0.490 e. The molecule has 1 aliphatic rings. The van der Waals surface area contributed by atoms with Gasteiger partial charge in [-0.1, -0.05) is 54.1 Å². The highest BCUT2D eigenvalue weighted by molar-refractivity contribution is 7.16. The van der Waals surface area contributed by atoms with Crippen molar-refractivity contribution in [3.05, 3.63) is 111 Å². The molecule has 1 N–H and O–H groups in total. The Balaban J connectivity index is 1.35. The fraction of sp³-hybridized carbons (Fsp3) is 0.250. The molecule has 0 bridgehead atoms. The number of fused-ring (bicyclic) bond motifs is 1. The van der Waals surface area contributed by atoms with Crippen molar-refractivity contribution in [1.29, 1.82) is 0 Å². The molecule has 0 atom stereocenters. The molecule has 5 nitrogen and oxygen atoms in total. The van der Waals surface area contributed by atoms with Crippen LogP contribution in [0.1, 0.15) is 57.3 Å². The van der Waals surface area contributed by atoms with E-state index in [1.54, 1.807) is 17.6 Å². The molecule has 0 radical (unpaired) electrons. The Hall–Kier alpha value is -3.61. The summed E-state index contributed by atoms with van der Waals surface area (Å²) < 4.78 is 11.9. The molecule has 0 unspecified atom stereocenters. The van der Waals surface area contributed by atoms with Gasteiger partial charge in [-0.25, -0.2) is 4.99 Å². The number of carbonyl (C=O) groups excluding carboxylic acids is 1. The van der Waals surface area contributed by atoms with Crippen LogP contribution < -0.4 is 14.8 Å². The largest absolute Gasteiger partial charge is 0.490 e. The minimum absolute atomic E-state index is 0.0636. The summed E-state index contributed by atoms with van der Waals surface area (Å²) >= 11 is 7.62. The summed E-state index contributed by atoms with van der Waals surface area (Å²) in [5.74, 6) is 1.25. The molecule has 0 fully saturated rings. The van der Waals surface area contributed by atoms with Crippen molar-refractivity contribution in [3.8, 4) is 11.5 Å². The van der Waals surface area contributed by atoms with Gasteiger partial charge in [0.15, 0.2) is 11.5 Å². The Kier molecular flexibility index (Phi) is 8.96. The first-order valence-electron chi connectivity index (χ1n) is 13.3. The zero-order valence-electron chi connectivity index (χ0n) is 21.9. The molecule has 0 spiro atoms. The molecule has 1 amide bonds. The van der Waals surface area contributed by atoms with E-state index in [2.05, 4.69) is 5.32 Å². The predicted octanol–water partition coefficient (Wildman–Crippen LogP) is 7.94. The third-order valence-corrected chi connectivity index (χ3v) is 8.03. The van der Waals surface area contributed by atoms with Crippen LogP contribution in [0.2, 0.25) is 5.02 Å². The molecule has 0 saturated carbocycles. The maximum atomic E-state index is 13.4. The normalized spacial score (nSPS) is 12.8. The second-order valence-corrected chi connectivity index (χ2v) is 10.9. The number of amides is 1. The average Bonchev–Trinajstić information content (AvgIpc) is 3.34. The number of hydrogen-bond donors (Lipinski definition) is 1. The Labute approximate surface area is 238 Å². The van der Waals surface area contributed by atoms with Crippen molar-refractivity contribution in [2.75, 3.05) is 6.61 Å². The van der Waals surface area contributed by atoms with Crippen LogP contribution in [0, 0.1) is 0 Å². The number of halogens is 1. The van der Waals surface area contributed by atoms with Crippen molar-refractivity contribution < 1.29 is 14.3 Å². The lowest BCUT2D eigenvalue weighted by atomic mass is 9.95. The summed E-state index contributed by atoms with van der Waals surface area (Å²) in [5.41, 5.74) is 4.84. The zero-order chi connectivity index (χ0) is 27.0. The van der Waals surface area contributed by atoms with Gasteiger partial charge in [-0.05, 0) is 85.2 Å². The van der Waals surface area contributed by atoms with Crippen molar-refractivity contribution in [2.24, 2.45) is 4.99 Å². The molecule has 0 saturated heterocycles. The lowest BCUT2D eigenvalue weighted by Crippen LogP contribution is -2.24. The SMILES string of the molecule is CCOc1cc(C=Nc2sc3c(c2C(=O)NCc2ccccc2)CCCC3)ccc1OCc1ccc(Cl)cc1. The summed E-state index contributed by atoms with van der Waals surface area (Å²) in [4.78, 5) is 19.4. The number of nitrogens with zero attached hydrogens (tertiary/aromatic N) is 1. The van der Waals surface area contributed by atoms with Crippen molar-refractivity contribution in [3.63, 3.8) is 0 Å². The first-order valence-corrected chi connectivity index (χ1v) is 14.4. The fourth-order valence-electron chi connectivity index (χ4n) is 4.61. The van der Waals surface area contributed by atoms with E-state index in [1.165, 1.54) is 4.88 Å². The maximum absolute atomic E-state index is 13.4. The van der Waals surface area contributed by atoms with Crippen LogP contribution in [0.4, 0.5) is 5.00 Å². The van der Waals surface area contributed by atoms with E-state index in [-0.39, 0.29) is 5.91 Å². The number of ether oxygens (including phenoxy) is 2. The van der Waals surface area contributed by atoms with Gasteiger partial charge in [-0.2, -0.15) is 0 Å². The van der Waals surface area contributed by atoms with Crippen LogP contribution in [-0.4, -0.2) is 18.7 Å². The summed E-state index contributed by atoms with van der Waals surface area (Å²) in [6.45, 7) is 3.36. The van der Waals surface area contributed by atoms with Crippen LogP contribution >= 0.6 is 22.9 Å². The summed E-state index contributed by atoms with van der Waals surface area (Å²) in [5, 5.41) is 4.56. The number of rotatable bonds is 10. The molecular weight excluding hydrogens is 528 g/mol. The second kappa shape index (κ2) is 13.0. The van der Waals surface area contributed by atoms with Crippen LogP contribution in [0.3, 0.4) is 0 Å². The van der Waals surface area contributed by atoms with Crippen molar-refractivity contribution >= 4 is 40.1 Å². The number of aliphatic imine (C=N–C) groups is 1. The van der Waals surface area contributed by atoms with Gasteiger partial charge in [0.05, 0.1) is 12.2 Å². The van der Waals surface area contributed by atoms with Gasteiger partial charge in [0.1, 0.15) is 11.6 Å². The zero-order valence-corrected chi connectivity index (χ0v) is 23.5. The van der Waals surface area contributed by atoms with Crippen LogP contribution in [-0.2, 0) is 26.0 Å². The summed E-state index contributed by atoms with van der Waals surface area (Å²) in [6, 6.07) is 23.3. The Morgan fingerprint density at radius 1 is 0.974 bits per heavy atom. The average molecular weight is 559 g/mol. The molecule has 1 aliphatic carbocycles. The van der Waals surface area contributed by atoms with E-state index in [1.807, 2.05) is 79.7 Å². The highest BCUT2D eigenvalue weighted by Crippen LogP contribution is 2.40. The van der Waals surface area contributed by atoms with Crippen molar-refractivity contribution in [2.45, 2.75) is 45.8 Å². The third kappa shape index (κ3) is 6.88. The Morgan fingerprint density at radius 2 is 1.77 bits per heavy atom. The third-order valence-electron chi connectivity index (χ3n) is 6.58. The van der Waals surface area contributed by atoms with Gasteiger partial charge in [-0.3, -0.25) is 4.79 Å². The Morgan fingerprint density at radius 3 is 2.56 bits per heavy atom. The molecular formula is C32H31ClN2O3S. The number of thiophene rings is 1. The maximum Gasteiger partial charge on any atom is 0.254 e. The lowest BCUT2D eigenvalue weighted by molar-refractivity contribution is 0.0951. The molecule has 7 heteroatoms. The van der Waals surface area contributed by atoms with Gasteiger partial charge < -0.3 is 14.8 Å². The van der Waals surface area contributed by atoms with Gasteiger partial charge in [0, 0.05) is 22.7 Å². The summed E-state index contributed by atoms with van der Waals surface area (Å²) in [6.07, 6.45) is 5.97. The molecule has 0 aliphatic heterocycles. The first kappa shape index (κ1) is 27.0. The number of aryl methyl sites for hydroxylation is 1. The monoisotopic (exact) mass is 558 g/mol. The highest BCUT2D eigenvalue weighted by atomic mass is 35.5. The van der Waals surface area contributed by atoms with E-state index < -0.39 is 0 Å². The molecule has 3 aromatic carbocycles. The number of nitrogens with one attached hydrogen (secondary N) is 1. The standard InChI is InChI=1S/C32H31ClN2O3S/c1-2-37-28-18-24(14-17-27(28)38-21-23-12-15-25(33)16-13-23)20-35-32-30(26-10-6-7-11-29(26)39-32)31(36)34-19-22-8-4-3-5-9-22/h3-5,8-9,12-18,20H,2,6-7,10-11,19,21H2,1H3,(H,34,36). The van der Waals surface area contributed by atoms with Crippen LogP contribution in [0.5, 0.6) is 11.5 Å². The molecule has 5 rings (SSSR count). The van der Waals surface area contributed by atoms with E-state index in [0.717, 1.165) is 58.5 Å². The van der Waals surface area contributed by atoms with Gasteiger partial charge in [0.25, 0.3) is 5.91 Å². The summed E-state index contributed by atoms with van der Waals surface area (Å²) in [7, 11) is 0. The van der Waals surface area contributed by atoms with Gasteiger partial charge in [0.2, 0.25) is 0 Å². The van der Waals surface area contributed by atoms with Crippen molar-refractivity contribution in [1.82, 2.24) is 5.32 Å². The van der Waals surface area contributed by atoms with Gasteiger partial charge >= 0.3 is 0 Å². The topological polar surface area (TPSA) is 59.9 Å². The quantitative estimate of drug-likeness (QED) is 0.201. The molecule has 39 heavy (non-hydrogen) atoms. The molecule has 200 valence electrons. The lowest BCUT2D eigenvalue weighted by Gasteiger charge is -2.13.